The summed E-state index contributed by atoms with van der Waals surface area (Å²) in [6.45, 7) is 6.12. The van der Waals surface area contributed by atoms with E-state index in [9.17, 15) is 5.11 Å². The summed E-state index contributed by atoms with van der Waals surface area (Å²) in [7, 11) is 0. The van der Waals surface area contributed by atoms with Crippen LogP contribution < -0.4 is 0 Å². The van der Waals surface area contributed by atoms with Crippen LogP contribution in [0.2, 0.25) is 0 Å². The zero-order chi connectivity index (χ0) is 9.19. The number of rotatable bonds is 3. The van der Waals surface area contributed by atoms with Gasteiger partial charge in [0, 0.05) is 4.88 Å². The second-order valence-corrected chi connectivity index (χ2v) is 4.30. The van der Waals surface area contributed by atoms with Crippen LogP contribution in [-0.2, 0) is 5.60 Å². The molecule has 1 aromatic rings. The van der Waals surface area contributed by atoms with Crippen molar-refractivity contribution in [3.05, 3.63) is 21.9 Å². The van der Waals surface area contributed by atoms with E-state index in [0.29, 0.717) is 0 Å². The van der Waals surface area contributed by atoms with Gasteiger partial charge in [-0.3, -0.25) is 0 Å². The highest BCUT2D eigenvalue weighted by Gasteiger charge is 2.25. The largest absolute Gasteiger partial charge is 0.385 e. The first kappa shape index (κ1) is 9.75. The highest BCUT2D eigenvalue weighted by atomic mass is 32.1. The lowest BCUT2D eigenvalue weighted by Gasteiger charge is -2.23. The van der Waals surface area contributed by atoms with Crippen molar-refractivity contribution in [1.29, 1.82) is 0 Å². The fourth-order valence-electron chi connectivity index (χ4n) is 1.35. The molecule has 0 bridgehead atoms. The maximum Gasteiger partial charge on any atom is 0.0899 e. The molecule has 12 heavy (non-hydrogen) atoms. The quantitative estimate of drug-likeness (QED) is 0.765. The second-order valence-electron chi connectivity index (χ2n) is 3.18. The number of aryl methyl sites for hydroxylation is 1. The predicted octanol–water partition coefficient (Wildman–Crippen LogP) is 3.06. The van der Waals surface area contributed by atoms with Crippen molar-refractivity contribution in [3.8, 4) is 0 Å². The minimum absolute atomic E-state index is 0.592. The van der Waals surface area contributed by atoms with Crippen molar-refractivity contribution >= 4 is 11.3 Å². The molecule has 2 heteroatoms. The first-order chi connectivity index (χ1) is 5.62. The summed E-state index contributed by atoms with van der Waals surface area (Å²) >= 11 is 1.70. The van der Waals surface area contributed by atoms with Crippen LogP contribution in [0.3, 0.4) is 0 Å². The van der Waals surface area contributed by atoms with Crippen LogP contribution in [0, 0.1) is 6.92 Å². The van der Waals surface area contributed by atoms with Gasteiger partial charge in [0.05, 0.1) is 5.60 Å². The van der Waals surface area contributed by atoms with Gasteiger partial charge >= 0.3 is 0 Å². The molecule has 0 aliphatic rings. The number of hydrogen-bond acceptors (Lipinski definition) is 2. The highest BCUT2D eigenvalue weighted by Crippen LogP contribution is 2.31. The summed E-state index contributed by atoms with van der Waals surface area (Å²) in [5.74, 6) is 0. The van der Waals surface area contributed by atoms with Crippen LogP contribution in [0.4, 0.5) is 0 Å². The van der Waals surface area contributed by atoms with Crippen LogP contribution in [-0.4, -0.2) is 5.11 Å². The van der Waals surface area contributed by atoms with E-state index in [1.807, 2.05) is 13.8 Å². The lowest BCUT2D eigenvalue weighted by Crippen LogP contribution is -2.22. The van der Waals surface area contributed by atoms with E-state index in [1.54, 1.807) is 11.3 Å². The average Bonchev–Trinajstić information content (AvgIpc) is 2.51. The van der Waals surface area contributed by atoms with Gasteiger partial charge in [-0.15, -0.1) is 11.3 Å². The van der Waals surface area contributed by atoms with Crippen LogP contribution in [0.1, 0.15) is 37.1 Å². The first-order valence-electron chi connectivity index (χ1n) is 4.40. The highest BCUT2D eigenvalue weighted by molar-refractivity contribution is 7.10. The maximum atomic E-state index is 10.1. The van der Waals surface area contributed by atoms with Crippen LogP contribution in [0.15, 0.2) is 11.4 Å². The van der Waals surface area contributed by atoms with Gasteiger partial charge in [-0.25, -0.2) is 0 Å². The van der Waals surface area contributed by atoms with Gasteiger partial charge in [0.2, 0.25) is 0 Å². The predicted molar refractivity (Wildman–Crippen MR) is 53.5 cm³/mol. The van der Waals surface area contributed by atoms with Crippen LogP contribution in [0.5, 0.6) is 0 Å². The standard InChI is InChI=1S/C10H16OS/c1-4-10(11,5-2)9-6-8(3)12-7-9/h6-7,11H,4-5H2,1-3H3. The molecular weight excluding hydrogens is 168 g/mol. The Balaban J connectivity index is 2.94. The van der Waals surface area contributed by atoms with E-state index >= 15 is 0 Å². The van der Waals surface area contributed by atoms with Crippen LogP contribution in [0.25, 0.3) is 0 Å². The molecule has 0 fully saturated rings. The third kappa shape index (κ3) is 1.70. The lowest BCUT2D eigenvalue weighted by molar-refractivity contribution is 0.0288. The molecule has 0 atom stereocenters. The van der Waals surface area contributed by atoms with E-state index in [0.717, 1.165) is 18.4 Å². The van der Waals surface area contributed by atoms with Gasteiger partial charge in [-0.05, 0) is 36.8 Å². The Labute approximate surface area is 78.1 Å². The van der Waals surface area contributed by atoms with Crippen molar-refractivity contribution in [3.63, 3.8) is 0 Å². The van der Waals surface area contributed by atoms with Crippen molar-refractivity contribution in [2.24, 2.45) is 0 Å². The van der Waals surface area contributed by atoms with Gasteiger partial charge in [-0.2, -0.15) is 0 Å². The molecule has 1 N–H and O–H groups in total. The third-order valence-corrected chi connectivity index (χ3v) is 3.30. The monoisotopic (exact) mass is 184 g/mol. The summed E-state index contributed by atoms with van der Waals surface area (Å²) in [6, 6.07) is 2.08. The van der Waals surface area contributed by atoms with Gasteiger partial charge < -0.3 is 5.11 Å². The van der Waals surface area contributed by atoms with Gasteiger partial charge in [0.1, 0.15) is 0 Å². The summed E-state index contributed by atoms with van der Waals surface area (Å²) in [5.41, 5.74) is 0.486. The zero-order valence-corrected chi connectivity index (χ0v) is 8.74. The summed E-state index contributed by atoms with van der Waals surface area (Å²) in [4.78, 5) is 1.27. The third-order valence-electron chi connectivity index (χ3n) is 2.44. The lowest BCUT2D eigenvalue weighted by atomic mass is 9.91. The minimum atomic E-state index is -0.592. The molecule has 1 heterocycles. The van der Waals surface area contributed by atoms with E-state index in [1.165, 1.54) is 4.88 Å². The Hall–Kier alpha value is -0.340. The van der Waals surface area contributed by atoms with Gasteiger partial charge in [-0.1, -0.05) is 13.8 Å². The molecule has 0 saturated carbocycles. The Morgan fingerprint density at radius 2 is 2.00 bits per heavy atom. The van der Waals surface area contributed by atoms with Crippen molar-refractivity contribution in [1.82, 2.24) is 0 Å². The van der Waals surface area contributed by atoms with Crippen molar-refractivity contribution in [2.75, 3.05) is 0 Å². The Morgan fingerprint density at radius 1 is 1.42 bits per heavy atom. The Morgan fingerprint density at radius 3 is 2.33 bits per heavy atom. The molecule has 1 rings (SSSR count). The SMILES string of the molecule is CCC(O)(CC)c1csc(C)c1. The minimum Gasteiger partial charge on any atom is -0.385 e. The molecule has 68 valence electrons. The van der Waals surface area contributed by atoms with Crippen molar-refractivity contribution < 1.29 is 5.11 Å². The molecule has 0 spiro atoms. The Kier molecular flexibility index (Phi) is 2.91. The van der Waals surface area contributed by atoms with E-state index < -0.39 is 5.60 Å². The second kappa shape index (κ2) is 3.58. The van der Waals surface area contributed by atoms with Gasteiger partial charge in [0.25, 0.3) is 0 Å². The summed E-state index contributed by atoms with van der Waals surface area (Å²) < 4.78 is 0. The number of aliphatic hydroxyl groups is 1. The smallest absolute Gasteiger partial charge is 0.0899 e. The molecule has 0 aromatic carbocycles. The number of hydrogen-bond donors (Lipinski definition) is 1. The molecule has 0 amide bonds. The molecule has 1 nitrogen and oxygen atoms in total. The molecule has 0 aliphatic heterocycles. The fraction of sp³-hybridized carbons (Fsp3) is 0.600. The van der Waals surface area contributed by atoms with Crippen LogP contribution >= 0.6 is 11.3 Å². The Bertz CT molecular complexity index is 248. The zero-order valence-electron chi connectivity index (χ0n) is 7.92. The first-order valence-corrected chi connectivity index (χ1v) is 5.28. The average molecular weight is 184 g/mol. The van der Waals surface area contributed by atoms with E-state index in [-0.39, 0.29) is 0 Å². The maximum absolute atomic E-state index is 10.1. The molecule has 0 aliphatic carbocycles. The fourth-order valence-corrected chi connectivity index (χ4v) is 2.14. The molecule has 1 aromatic heterocycles. The molecule has 0 saturated heterocycles. The number of thiophene rings is 1. The van der Waals surface area contributed by atoms with Crippen molar-refractivity contribution in [2.45, 2.75) is 39.2 Å². The van der Waals surface area contributed by atoms with E-state index in [2.05, 4.69) is 18.4 Å². The molecule has 0 unspecified atom stereocenters. The normalized spacial score (nSPS) is 12.0. The summed E-state index contributed by atoms with van der Waals surface area (Å²) in [6.07, 6.45) is 1.58. The molecule has 0 radical (unpaired) electrons. The summed E-state index contributed by atoms with van der Waals surface area (Å²) in [5, 5.41) is 12.2. The molecular formula is C10H16OS. The van der Waals surface area contributed by atoms with Gasteiger partial charge in [0.15, 0.2) is 0 Å². The van der Waals surface area contributed by atoms with E-state index in [4.69, 9.17) is 0 Å². The topological polar surface area (TPSA) is 20.2 Å².